The molecule has 1 aromatic heterocycles. The number of nitrogens with one attached hydrogen (secondary N) is 1. The van der Waals surface area contributed by atoms with E-state index in [0.717, 1.165) is 23.9 Å². The maximum absolute atomic E-state index is 5.24. The number of benzene rings is 1. The summed E-state index contributed by atoms with van der Waals surface area (Å²) in [5.41, 5.74) is 1.04. The van der Waals surface area contributed by atoms with Crippen LogP contribution in [0.15, 0.2) is 36.7 Å². The van der Waals surface area contributed by atoms with Gasteiger partial charge in [0.15, 0.2) is 0 Å². The highest BCUT2D eigenvalue weighted by Gasteiger charge is 2.05. The summed E-state index contributed by atoms with van der Waals surface area (Å²) in [6, 6.07) is 7.93. The molecule has 4 nitrogen and oxygen atoms in total. The monoisotopic (exact) mass is 245 g/mol. The molecule has 0 aliphatic rings. The van der Waals surface area contributed by atoms with E-state index >= 15 is 0 Å². The van der Waals surface area contributed by atoms with Crippen molar-refractivity contribution in [2.75, 3.05) is 19.0 Å². The molecule has 0 amide bonds. The molecule has 1 aromatic carbocycles. The van der Waals surface area contributed by atoms with Gasteiger partial charge in [-0.15, -0.1) is 0 Å². The van der Waals surface area contributed by atoms with E-state index in [1.165, 1.54) is 0 Å². The highest BCUT2D eigenvalue weighted by atomic mass is 16.5. The first-order chi connectivity index (χ1) is 8.70. The van der Waals surface area contributed by atoms with Crippen LogP contribution >= 0.6 is 0 Å². The molecule has 0 saturated carbocycles. The van der Waals surface area contributed by atoms with E-state index in [-0.39, 0.29) is 0 Å². The van der Waals surface area contributed by atoms with Gasteiger partial charge in [0, 0.05) is 25.0 Å². The van der Waals surface area contributed by atoms with E-state index in [9.17, 15) is 0 Å². The minimum atomic E-state index is 0.584. The fourth-order valence-electron chi connectivity index (χ4n) is 1.70. The van der Waals surface area contributed by atoms with E-state index in [4.69, 9.17) is 4.74 Å². The van der Waals surface area contributed by atoms with Gasteiger partial charge in [0.25, 0.3) is 0 Å². The van der Waals surface area contributed by atoms with Gasteiger partial charge >= 0.3 is 0 Å². The molecule has 0 saturated heterocycles. The Kier molecular flexibility index (Phi) is 3.87. The van der Waals surface area contributed by atoms with Crippen molar-refractivity contribution in [1.82, 2.24) is 9.55 Å². The second kappa shape index (κ2) is 5.58. The van der Waals surface area contributed by atoms with Gasteiger partial charge in [-0.25, -0.2) is 4.98 Å². The van der Waals surface area contributed by atoms with Crippen LogP contribution in [-0.4, -0.2) is 23.2 Å². The third kappa shape index (κ3) is 2.83. The Hall–Kier alpha value is -1.97. The fourth-order valence-corrected chi connectivity index (χ4v) is 1.70. The van der Waals surface area contributed by atoms with Gasteiger partial charge in [-0.05, 0) is 18.1 Å². The predicted octanol–water partition coefficient (Wildman–Crippen LogP) is 2.95. The van der Waals surface area contributed by atoms with Crippen LogP contribution < -0.4 is 10.1 Å². The SMILES string of the molecule is COc1cccc(-n2ccnc2NCC(C)C)c1. The Bertz CT molecular complexity index is 505. The second-order valence-electron chi connectivity index (χ2n) is 4.60. The molecular formula is C14H19N3O. The van der Waals surface area contributed by atoms with Crippen LogP contribution in [0.25, 0.3) is 5.69 Å². The molecule has 1 heterocycles. The highest BCUT2D eigenvalue weighted by molar-refractivity contribution is 5.45. The lowest BCUT2D eigenvalue weighted by atomic mass is 10.2. The molecule has 18 heavy (non-hydrogen) atoms. The molecular weight excluding hydrogens is 226 g/mol. The number of methoxy groups -OCH3 is 1. The van der Waals surface area contributed by atoms with Crippen molar-refractivity contribution in [3.05, 3.63) is 36.7 Å². The van der Waals surface area contributed by atoms with Gasteiger partial charge in [0.1, 0.15) is 5.75 Å². The lowest BCUT2D eigenvalue weighted by molar-refractivity contribution is 0.414. The van der Waals surface area contributed by atoms with E-state index < -0.39 is 0 Å². The summed E-state index contributed by atoms with van der Waals surface area (Å²) >= 11 is 0. The number of aromatic nitrogens is 2. The third-order valence-electron chi connectivity index (χ3n) is 2.64. The molecule has 0 atom stereocenters. The highest BCUT2D eigenvalue weighted by Crippen LogP contribution is 2.19. The zero-order valence-corrected chi connectivity index (χ0v) is 11.1. The lowest BCUT2D eigenvalue weighted by Gasteiger charge is -2.12. The Morgan fingerprint density at radius 2 is 2.22 bits per heavy atom. The number of hydrogen-bond acceptors (Lipinski definition) is 3. The van der Waals surface area contributed by atoms with Crippen LogP contribution in [0.4, 0.5) is 5.95 Å². The first-order valence-corrected chi connectivity index (χ1v) is 6.12. The van der Waals surface area contributed by atoms with Crippen molar-refractivity contribution in [1.29, 1.82) is 0 Å². The van der Waals surface area contributed by atoms with Crippen LogP contribution in [-0.2, 0) is 0 Å². The summed E-state index contributed by atoms with van der Waals surface area (Å²) in [5.74, 6) is 2.29. The van der Waals surface area contributed by atoms with Gasteiger partial charge in [-0.1, -0.05) is 19.9 Å². The van der Waals surface area contributed by atoms with Crippen molar-refractivity contribution in [2.45, 2.75) is 13.8 Å². The fraction of sp³-hybridized carbons (Fsp3) is 0.357. The maximum Gasteiger partial charge on any atom is 0.207 e. The lowest BCUT2D eigenvalue weighted by Crippen LogP contribution is -2.12. The van der Waals surface area contributed by atoms with E-state index in [1.54, 1.807) is 13.3 Å². The molecule has 0 fully saturated rings. The summed E-state index contributed by atoms with van der Waals surface area (Å²) in [4.78, 5) is 4.33. The van der Waals surface area contributed by atoms with Crippen molar-refractivity contribution in [3.8, 4) is 11.4 Å². The molecule has 0 aliphatic heterocycles. The third-order valence-corrected chi connectivity index (χ3v) is 2.64. The summed E-state index contributed by atoms with van der Waals surface area (Å²) in [6.45, 7) is 5.25. The van der Waals surface area contributed by atoms with E-state index in [1.807, 2.05) is 35.0 Å². The Labute approximate surface area is 108 Å². The van der Waals surface area contributed by atoms with Crippen LogP contribution in [0.2, 0.25) is 0 Å². The Morgan fingerprint density at radius 1 is 1.39 bits per heavy atom. The molecule has 0 bridgehead atoms. The standard InChI is InChI=1S/C14H19N3O/c1-11(2)10-16-14-15-7-8-17(14)12-5-4-6-13(9-12)18-3/h4-9,11H,10H2,1-3H3,(H,15,16). The van der Waals surface area contributed by atoms with Gasteiger partial charge < -0.3 is 10.1 Å². The summed E-state index contributed by atoms with van der Waals surface area (Å²) in [5, 5.41) is 3.34. The van der Waals surface area contributed by atoms with Crippen LogP contribution in [0.5, 0.6) is 5.75 Å². The molecule has 0 aliphatic carbocycles. The first-order valence-electron chi connectivity index (χ1n) is 6.12. The van der Waals surface area contributed by atoms with Crippen molar-refractivity contribution < 1.29 is 4.74 Å². The molecule has 0 spiro atoms. The normalized spacial score (nSPS) is 10.7. The van der Waals surface area contributed by atoms with Gasteiger partial charge in [0.2, 0.25) is 5.95 Å². The smallest absolute Gasteiger partial charge is 0.207 e. The molecule has 96 valence electrons. The van der Waals surface area contributed by atoms with Crippen LogP contribution in [0, 0.1) is 5.92 Å². The van der Waals surface area contributed by atoms with Gasteiger partial charge in [-0.3, -0.25) is 4.57 Å². The van der Waals surface area contributed by atoms with Gasteiger partial charge in [0.05, 0.1) is 12.8 Å². The number of rotatable bonds is 5. The van der Waals surface area contributed by atoms with Crippen molar-refractivity contribution >= 4 is 5.95 Å². The average molecular weight is 245 g/mol. The topological polar surface area (TPSA) is 39.1 Å². The number of nitrogens with zero attached hydrogens (tertiary/aromatic N) is 2. The minimum absolute atomic E-state index is 0.584. The number of hydrogen-bond donors (Lipinski definition) is 1. The zero-order chi connectivity index (χ0) is 13.0. The summed E-state index contributed by atoms with van der Waals surface area (Å²) in [6.07, 6.45) is 3.74. The molecule has 2 rings (SSSR count). The number of ether oxygens (including phenoxy) is 1. The quantitative estimate of drug-likeness (QED) is 0.880. The first kappa shape index (κ1) is 12.5. The van der Waals surface area contributed by atoms with Crippen LogP contribution in [0.1, 0.15) is 13.8 Å². The zero-order valence-electron chi connectivity index (χ0n) is 11.1. The van der Waals surface area contributed by atoms with E-state index in [2.05, 4.69) is 24.1 Å². The molecule has 2 aromatic rings. The Balaban J connectivity index is 2.24. The molecule has 4 heteroatoms. The minimum Gasteiger partial charge on any atom is -0.497 e. The summed E-state index contributed by atoms with van der Waals surface area (Å²) < 4.78 is 7.26. The second-order valence-corrected chi connectivity index (χ2v) is 4.60. The largest absolute Gasteiger partial charge is 0.497 e. The Morgan fingerprint density at radius 3 is 2.94 bits per heavy atom. The predicted molar refractivity (Wildman–Crippen MR) is 73.4 cm³/mol. The maximum atomic E-state index is 5.24. The molecule has 0 unspecified atom stereocenters. The number of imidazole rings is 1. The van der Waals surface area contributed by atoms with Crippen molar-refractivity contribution in [2.24, 2.45) is 5.92 Å². The molecule has 0 radical (unpaired) electrons. The summed E-state index contributed by atoms with van der Waals surface area (Å²) in [7, 11) is 1.67. The van der Waals surface area contributed by atoms with Crippen LogP contribution in [0.3, 0.4) is 0 Å². The van der Waals surface area contributed by atoms with E-state index in [0.29, 0.717) is 5.92 Å². The average Bonchev–Trinajstić information content (AvgIpc) is 2.84. The number of anilines is 1. The van der Waals surface area contributed by atoms with Gasteiger partial charge in [-0.2, -0.15) is 0 Å². The molecule has 1 N–H and O–H groups in total. The van der Waals surface area contributed by atoms with Crippen molar-refractivity contribution in [3.63, 3.8) is 0 Å².